The van der Waals surface area contributed by atoms with Gasteiger partial charge in [0, 0.05) is 30.1 Å². The number of rotatable bonds is 7. The highest BCUT2D eigenvalue weighted by molar-refractivity contribution is 7.91. The lowest BCUT2D eigenvalue weighted by Gasteiger charge is -2.20. The molecule has 0 unspecified atom stereocenters. The topological polar surface area (TPSA) is 89.2 Å². The van der Waals surface area contributed by atoms with Gasteiger partial charge in [-0.15, -0.1) is 10.2 Å². The maximum Gasteiger partial charge on any atom is 0.226 e. The van der Waals surface area contributed by atoms with Crippen LogP contribution in [0.4, 0.5) is 0 Å². The molecule has 4 rings (SSSR count). The maximum absolute atomic E-state index is 11.9. The highest BCUT2D eigenvalue weighted by atomic mass is 32.2. The number of hydrogen-bond acceptors (Lipinski definition) is 7. The van der Waals surface area contributed by atoms with E-state index >= 15 is 0 Å². The first kappa shape index (κ1) is 21.6. The van der Waals surface area contributed by atoms with Crippen LogP contribution in [0.1, 0.15) is 38.1 Å². The van der Waals surface area contributed by atoms with Crippen LogP contribution in [0.15, 0.2) is 45.8 Å². The fourth-order valence-electron chi connectivity index (χ4n) is 3.93. The third-order valence-corrected chi connectivity index (χ3v) is 7.60. The van der Waals surface area contributed by atoms with Crippen LogP contribution in [-0.2, 0) is 16.3 Å². The number of sulfone groups is 1. The average Bonchev–Trinajstić information content (AvgIpc) is 3.37. The lowest BCUT2D eigenvalue weighted by Crippen LogP contribution is -2.29. The SMILES string of the molecule is CCS(=O)(=O)c1ccc(-c2ccc(-c3nc(CCN4CCC[C@H]4C)c(C)o3)cc2)nn1. The molecule has 0 spiro atoms. The number of nitrogens with zero attached hydrogens (tertiary/aromatic N) is 4. The van der Waals surface area contributed by atoms with Crippen LogP contribution in [0.3, 0.4) is 0 Å². The number of aryl methyl sites for hydroxylation is 1. The predicted molar refractivity (Wildman–Crippen MR) is 119 cm³/mol. The Morgan fingerprint density at radius 2 is 1.84 bits per heavy atom. The van der Waals surface area contributed by atoms with Gasteiger partial charge in [0.05, 0.1) is 17.1 Å². The van der Waals surface area contributed by atoms with Gasteiger partial charge in [0.1, 0.15) is 5.76 Å². The predicted octanol–water partition coefficient (Wildman–Crippen LogP) is 3.93. The monoisotopic (exact) mass is 440 g/mol. The molecule has 0 radical (unpaired) electrons. The van der Waals surface area contributed by atoms with Crippen molar-refractivity contribution in [2.75, 3.05) is 18.8 Å². The number of likely N-dealkylation sites (tertiary alicyclic amines) is 1. The van der Waals surface area contributed by atoms with Gasteiger partial charge in [-0.1, -0.05) is 19.1 Å². The van der Waals surface area contributed by atoms with Gasteiger partial charge >= 0.3 is 0 Å². The van der Waals surface area contributed by atoms with Crippen molar-refractivity contribution in [3.8, 4) is 22.7 Å². The van der Waals surface area contributed by atoms with Gasteiger partial charge in [0.25, 0.3) is 0 Å². The van der Waals surface area contributed by atoms with Crippen molar-refractivity contribution in [2.24, 2.45) is 0 Å². The highest BCUT2D eigenvalue weighted by Gasteiger charge is 2.21. The van der Waals surface area contributed by atoms with Crippen LogP contribution in [0, 0.1) is 6.92 Å². The Labute approximate surface area is 183 Å². The van der Waals surface area contributed by atoms with Gasteiger partial charge in [-0.05, 0) is 57.5 Å². The van der Waals surface area contributed by atoms with Gasteiger partial charge < -0.3 is 9.32 Å². The highest BCUT2D eigenvalue weighted by Crippen LogP contribution is 2.26. The third kappa shape index (κ3) is 4.70. The summed E-state index contributed by atoms with van der Waals surface area (Å²) in [6.45, 7) is 8.02. The standard InChI is InChI=1S/C23H28N4O3S/c1-4-31(28,29)22-12-11-21(25-26-22)18-7-9-19(10-8-18)23-24-20(17(3)30-23)13-15-27-14-5-6-16(27)2/h7-12,16H,4-6,13-15H2,1-3H3/t16-/m1/s1. The first-order chi connectivity index (χ1) is 14.9. The third-order valence-electron chi connectivity index (χ3n) is 5.99. The molecular weight excluding hydrogens is 412 g/mol. The molecule has 3 heterocycles. The van der Waals surface area contributed by atoms with Crippen molar-refractivity contribution in [3.63, 3.8) is 0 Å². The van der Waals surface area contributed by atoms with E-state index in [1.165, 1.54) is 25.5 Å². The Balaban J connectivity index is 1.47. The summed E-state index contributed by atoms with van der Waals surface area (Å²) in [6.07, 6.45) is 3.44. The molecule has 0 amide bonds. The van der Waals surface area contributed by atoms with E-state index in [4.69, 9.17) is 9.40 Å². The molecular formula is C23H28N4O3S. The molecule has 0 aliphatic carbocycles. The van der Waals surface area contributed by atoms with Crippen LogP contribution in [0.25, 0.3) is 22.7 Å². The minimum atomic E-state index is -3.35. The van der Waals surface area contributed by atoms with Gasteiger partial charge in [0.2, 0.25) is 5.89 Å². The Hall–Kier alpha value is -2.58. The Morgan fingerprint density at radius 1 is 1.10 bits per heavy atom. The van der Waals surface area contributed by atoms with Crippen molar-refractivity contribution < 1.29 is 12.8 Å². The minimum absolute atomic E-state index is 0.00137. The summed E-state index contributed by atoms with van der Waals surface area (Å²) < 4.78 is 29.7. The Bertz CT molecular complexity index is 1140. The number of aromatic nitrogens is 3. The van der Waals surface area contributed by atoms with Crippen molar-refractivity contribution in [1.82, 2.24) is 20.1 Å². The quantitative estimate of drug-likeness (QED) is 0.550. The second-order valence-corrected chi connectivity index (χ2v) is 10.3. The zero-order valence-corrected chi connectivity index (χ0v) is 19.0. The summed E-state index contributed by atoms with van der Waals surface area (Å²) >= 11 is 0. The molecule has 1 aromatic carbocycles. The lowest BCUT2D eigenvalue weighted by atomic mass is 10.1. The zero-order valence-electron chi connectivity index (χ0n) is 18.2. The van der Waals surface area contributed by atoms with E-state index in [0.29, 0.717) is 17.6 Å². The first-order valence-electron chi connectivity index (χ1n) is 10.7. The Morgan fingerprint density at radius 3 is 2.45 bits per heavy atom. The van der Waals surface area contributed by atoms with E-state index in [9.17, 15) is 8.42 Å². The largest absolute Gasteiger partial charge is 0.441 e. The summed E-state index contributed by atoms with van der Waals surface area (Å²) in [6, 6.07) is 11.5. The summed E-state index contributed by atoms with van der Waals surface area (Å²) in [5.41, 5.74) is 3.37. The van der Waals surface area contributed by atoms with E-state index in [2.05, 4.69) is 22.0 Å². The molecule has 0 bridgehead atoms. The van der Waals surface area contributed by atoms with E-state index in [-0.39, 0.29) is 10.8 Å². The van der Waals surface area contributed by atoms with E-state index < -0.39 is 9.84 Å². The number of oxazole rings is 1. The van der Waals surface area contributed by atoms with Crippen LogP contribution >= 0.6 is 0 Å². The smallest absolute Gasteiger partial charge is 0.226 e. The van der Waals surface area contributed by atoms with Gasteiger partial charge in [-0.2, -0.15) is 0 Å². The molecule has 1 aliphatic rings. The van der Waals surface area contributed by atoms with Crippen LogP contribution in [0.2, 0.25) is 0 Å². The van der Waals surface area contributed by atoms with Gasteiger partial charge in [-0.3, -0.25) is 0 Å². The average molecular weight is 441 g/mol. The molecule has 1 aliphatic heterocycles. The second kappa shape index (κ2) is 8.88. The second-order valence-electron chi connectivity index (χ2n) is 8.04. The summed E-state index contributed by atoms with van der Waals surface area (Å²) in [5, 5.41) is 7.96. The summed E-state index contributed by atoms with van der Waals surface area (Å²) in [4.78, 5) is 7.24. The van der Waals surface area contributed by atoms with Crippen molar-refractivity contribution in [2.45, 2.75) is 51.1 Å². The molecule has 8 heteroatoms. The van der Waals surface area contributed by atoms with Crippen LogP contribution < -0.4 is 0 Å². The fourth-order valence-corrected chi connectivity index (χ4v) is 4.67. The van der Waals surface area contributed by atoms with Crippen molar-refractivity contribution in [3.05, 3.63) is 47.9 Å². The fraction of sp³-hybridized carbons (Fsp3) is 0.435. The molecule has 0 saturated carbocycles. The van der Waals surface area contributed by atoms with Gasteiger partial charge in [0.15, 0.2) is 14.9 Å². The van der Waals surface area contributed by atoms with E-state index in [1.54, 1.807) is 13.0 Å². The van der Waals surface area contributed by atoms with Crippen LogP contribution in [0.5, 0.6) is 0 Å². The molecule has 7 nitrogen and oxygen atoms in total. The molecule has 31 heavy (non-hydrogen) atoms. The Kier molecular flexibility index (Phi) is 6.20. The molecule has 2 aromatic heterocycles. The molecule has 1 saturated heterocycles. The molecule has 1 fully saturated rings. The normalized spacial score (nSPS) is 17.3. The first-order valence-corrected chi connectivity index (χ1v) is 12.4. The maximum atomic E-state index is 11.9. The van der Waals surface area contributed by atoms with Crippen LogP contribution in [-0.4, -0.2) is 53.4 Å². The molecule has 1 atom stereocenters. The summed E-state index contributed by atoms with van der Waals surface area (Å²) in [5.74, 6) is 1.48. The van der Waals surface area contributed by atoms with Gasteiger partial charge in [-0.25, -0.2) is 13.4 Å². The zero-order chi connectivity index (χ0) is 22.0. The van der Waals surface area contributed by atoms with E-state index in [1.807, 2.05) is 31.2 Å². The molecule has 164 valence electrons. The van der Waals surface area contributed by atoms with Crippen molar-refractivity contribution >= 4 is 9.84 Å². The molecule has 3 aromatic rings. The molecule has 0 N–H and O–H groups in total. The van der Waals surface area contributed by atoms with Crippen molar-refractivity contribution in [1.29, 1.82) is 0 Å². The number of benzene rings is 1. The number of hydrogen-bond donors (Lipinski definition) is 0. The van der Waals surface area contributed by atoms with E-state index in [0.717, 1.165) is 35.5 Å². The summed E-state index contributed by atoms with van der Waals surface area (Å²) in [7, 11) is -3.35. The minimum Gasteiger partial charge on any atom is -0.441 e. The lowest BCUT2D eigenvalue weighted by molar-refractivity contribution is 0.271.